The van der Waals surface area contributed by atoms with Crippen molar-refractivity contribution in [1.29, 1.82) is 0 Å². The Hall–Kier alpha value is -2.41. The summed E-state index contributed by atoms with van der Waals surface area (Å²) in [7, 11) is 1.72. The molecule has 1 amide bonds. The first-order valence-electron chi connectivity index (χ1n) is 7.33. The Balaban J connectivity index is 1.80. The lowest BCUT2D eigenvalue weighted by molar-refractivity contribution is 0.1000. The molecule has 1 aromatic carbocycles. The monoisotopic (exact) mass is 331 g/mol. The highest BCUT2D eigenvalue weighted by Gasteiger charge is 2.03. The fraction of sp³-hybridized carbons (Fsp3) is 0.312. The molecule has 0 aliphatic carbocycles. The van der Waals surface area contributed by atoms with Crippen molar-refractivity contribution in [3.8, 4) is 0 Å². The van der Waals surface area contributed by atoms with Gasteiger partial charge in [0.05, 0.1) is 5.01 Å². The molecule has 0 saturated carbocycles. The van der Waals surface area contributed by atoms with E-state index in [2.05, 4.69) is 27.5 Å². The van der Waals surface area contributed by atoms with E-state index in [-0.39, 0.29) is 0 Å². The number of aliphatic imine (C=N–C) groups is 1. The van der Waals surface area contributed by atoms with Gasteiger partial charge in [-0.05, 0) is 24.6 Å². The molecule has 0 aliphatic heterocycles. The molecule has 0 radical (unpaired) electrons. The van der Waals surface area contributed by atoms with Crippen LogP contribution in [-0.4, -0.2) is 30.4 Å². The van der Waals surface area contributed by atoms with E-state index in [0.29, 0.717) is 18.1 Å². The van der Waals surface area contributed by atoms with Crippen molar-refractivity contribution in [1.82, 2.24) is 15.6 Å². The zero-order chi connectivity index (χ0) is 16.7. The molecule has 2 rings (SSSR count). The largest absolute Gasteiger partial charge is 0.366 e. The van der Waals surface area contributed by atoms with Gasteiger partial charge < -0.3 is 16.4 Å². The number of amides is 1. The molecule has 0 aliphatic rings. The molecular weight excluding hydrogens is 310 g/mol. The summed E-state index contributed by atoms with van der Waals surface area (Å²) in [6, 6.07) is 7.24. The van der Waals surface area contributed by atoms with Crippen LogP contribution in [0.1, 0.15) is 25.8 Å². The second kappa shape index (κ2) is 8.28. The number of thiazole rings is 1. The van der Waals surface area contributed by atoms with Gasteiger partial charge in [-0.15, -0.1) is 11.3 Å². The van der Waals surface area contributed by atoms with Crippen LogP contribution in [0.25, 0.3) is 0 Å². The molecule has 7 heteroatoms. The second-order valence-electron chi connectivity index (χ2n) is 5.03. The van der Waals surface area contributed by atoms with Crippen molar-refractivity contribution < 1.29 is 4.79 Å². The second-order valence-corrected chi connectivity index (χ2v) is 6.35. The molecule has 2 aromatic rings. The summed E-state index contributed by atoms with van der Waals surface area (Å²) in [6.07, 6.45) is 2.75. The van der Waals surface area contributed by atoms with E-state index >= 15 is 0 Å². The normalized spacial score (nSPS) is 11.3. The zero-order valence-electron chi connectivity index (χ0n) is 13.3. The fourth-order valence-electron chi connectivity index (χ4n) is 2.05. The van der Waals surface area contributed by atoms with Gasteiger partial charge in [0.2, 0.25) is 5.91 Å². The van der Waals surface area contributed by atoms with Crippen LogP contribution in [0.4, 0.5) is 0 Å². The number of hydrogen-bond donors (Lipinski definition) is 3. The molecule has 0 spiro atoms. The van der Waals surface area contributed by atoms with E-state index in [1.165, 1.54) is 4.88 Å². The third kappa shape index (κ3) is 5.37. The fourth-order valence-corrected chi connectivity index (χ4v) is 2.83. The minimum Gasteiger partial charge on any atom is -0.366 e. The predicted octanol–water partition coefficient (Wildman–Crippen LogP) is 1.46. The number of guanidine groups is 1. The van der Waals surface area contributed by atoms with Crippen molar-refractivity contribution in [3.05, 3.63) is 51.5 Å². The number of carbonyl (C=O) groups excluding carboxylic acids is 1. The molecule has 1 heterocycles. The molecule has 23 heavy (non-hydrogen) atoms. The zero-order valence-corrected chi connectivity index (χ0v) is 14.1. The lowest BCUT2D eigenvalue weighted by Gasteiger charge is -2.11. The van der Waals surface area contributed by atoms with Crippen LogP contribution in [0.3, 0.4) is 0 Å². The summed E-state index contributed by atoms with van der Waals surface area (Å²) in [5.74, 6) is 0.288. The molecule has 4 N–H and O–H groups in total. The number of nitrogens with zero attached hydrogens (tertiary/aromatic N) is 2. The maximum absolute atomic E-state index is 11.2. The van der Waals surface area contributed by atoms with Gasteiger partial charge in [0.1, 0.15) is 0 Å². The molecule has 0 unspecified atom stereocenters. The summed E-state index contributed by atoms with van der Waals surface area (Å²) < 4.78 is 0. The third-order valence-electron chi connectivity index (χ3n) is 3.20. The quantitative estimate of drug-likeness (QED) is 0.552. The number of aromatic nitrogens is 1. The topological polar surface area (TPSA) is 92.4 Å². The van der Waals surface area contributed by atoms with E-state index in [1.54, 1.807) is 30.5 Å². The predicted molar refractivity (Wildman–Crippen MR) is 93.7 cm³/mol. The average molecular weight is 331 g/mol. The van der Waals surface area contributed by atoms with Crippen LogP contribution < -0.4 is 16.4 Å². The van der Waals surface area contributed by atoms with Crippen molar-refractivity contribution >= 4 is 23.2 Å². The Bertz CT molecular complexity index is 695. The van der Waals surface area contributed by atoms with E-state index < -0.39 is 5.91 Å². The van der Waals surface area contributed by atoms with Crippen molar-refractivity contribution in [2.24, 2.45) is 10.7 Å². The number of nitrogens with one attached hydrogen (secondary N) is 2. The van der Waals surface area contributed by atoms with Crippen LogP contribution in [0.5, 0.6) is 0 Å². The van der Waals surface area contributed by atoms with Gasteiger partial charge >= 0.3 is 0 Å². The lowest BCUT2D eigenvalue weighted by Crippen LogP contribution is -2.37. The van der Waals surface area contributed by atoms with Gasteiger partial charge in [-0.25, -0.2) is 4.98 Å². The van der Waals surface area contributed by atoms with E-state index in [9.17, 15) is 4.79 Å². The summed E-state index contributed by atoms with van der Waals surface area (Å²) in [6.45, 7) is 3.38. The number of benzene rings is 1. The number of hydrogen-bond acceptors (Lipinski definition) is 4. The molecule has 6 nitrogen and oxygen atoms in total. The standard InChI is InChI=1S/C16H21N5OS/c1-11-9-20-14(23-11)6-7-19-16(18-2)21-10-12-4-3-5-13(8-12)15(17)22/h3-5,8-9H,6-7,10H2,1-2H3,(H2,17,22)(H2,18,19,21). The highest BCUT2D eigenvalue weighted by Crippen LogP contribution is 2.10. The van der Waals surface area contributed by atoms with Gasteiger partial charge in [-0.2, -0.15) is 0 Å². The van der Waals surface area contributed by atoms with Crippen LogP contribution in [-0.2, 0) is 13.0 Å². The van der Waals surface area contributed by atoms with Gasteiger partial charge in [-0.1, -0.05) is 12.1 Å². The molecule has 0 saturated heterocycles. The first kappa shape index (κ1) is 17.0. The summed E-state index contributed by atoms with van der Waals surface area (Å²) >= 11 is 1.71. The molecular formula is C16H21N5OS. The summed E-state index contributed by atoms with van der Waals surface area (Å²) in [4.78, 5) is 20.9. The number of aryl methyl sites for hydroxylation is 1. The summed E-state index contributed by atoms with van der Waals surface area (Å²) in [5.41, 5.74) is 6.77. The maximum Gasteiger partial charge on any atom is 0.248 e. The number of nitrogens with two attached hydrogens (primary N) is 1. The highest BCUT2D eigenvalue weighted by molar-refractivity contribution is 7.11. The SMILES string of the molecule is CN=C(NCCc1ncc(C)s1)NCc1cccc(C(N)=O)c1. The van der Waals surface area contributed by atoms with Crippen LogP contribution in [0, 0.1) is 6.92 Å². The third-order valence-corrected chi connectivity index (χ3v) is 4.17. The van der Waals surface area contributed by atoms with Crippen LogP contribution in [0.15, 0.2) is 35.5 Å². The first-order valence-corrected chi connectivity index (χ1v) is 8.14. The number of primary amides is 1. The Labute approximate surface area is 139 Å². The van der Waals surface area contributed by atoms with Crippen LogP contribution >= 0.6 is 11.3 Å². The maximum atomic E-state index is 11.2. The molecule has 0 fully saturated rings. The molecule has 0 atom stereocenters. The smallest absolute Gasteiger partial charge is 0.248 e. The molecule has 1 aromatic heterocycles. The van der Waals surface area contributed by atoms with Gasteiger partial charge in [-0.3, -0.25) is 9.79 Å². The first-order chi connectivity index (χ1) is 11.1. The number of rotatable bonds is 6. The van der Waals surface area contributed by atoms with Crippen molar-refractivity contribution in [2.45, 2.75) is 19.9 Å². The summed E-state index contributed by atoms with van der Waals surface area (Å²) in [5, 5.41) is 7.57. The Kier molecular flexibility index (Phi) is 6.10. The van der Waals surface area contributed by atoms with Crippen molar-refractivity contribution in [2.75, 3.05) is 13.6 Å². The van der Waals surface area contributed by atoms with Gasteiger partial charge in [0, 0.05) is 43.2 Å². The van der Waals surface area contributed by atoms with Gasteiger partial charge in [0.25, 0.3) is 0 Å². The van der Waals surface area contributed by atoms with E-state index in [4.69, 9.17) is 5.73 Å². The van der Waals surface area contributed by atoms with Crippen molar-refractivity contribution in [3.63, 3.8) is 0 Å². The molecule has 122 valence electrons. The van der Waals surface area contributed by atoms with E-state index in [0.717, 1.165) is 23.5 Å². The Morgan fingerprint density at radius 3 is 2.87 bits per heavy atom. The van der Waals surface area contributed by atoms with Crippen LogP contribution in [0.2, 0.25) is 0 Å². The average Bonchev–Trinajstić information content (AvgIpc) is 2.96. The van der Waals surface area contributed by atoms with Gasteiger partial charge in [0.15, 0.2) is 5.96 Å². The van der Waals surface area contributed by atoms with E-state index in [1.807, 2.05) is 18.3 Å². The molecule has 0 bridgehead atoms. The minimum atomic E-state index is -0.423. The Morgan fingerprint density at radius 1 is 1.39 bits per heavy atom. The minimum absolute atomic E-state index is 0.423. The Morgan fingerprint density at radius 2 is 2.22 bits per heavy atom. The number of carbonyl (C=O) groups is 1. The lowest BCUT2D eigenvalue weighted by atomic mass is 10.1. The highest BCUT2D eigenvalue weighted by atomic mass is 32.1.